The Balaban J connectivity index is 3.66. The van der Waals surface area contributed by atoms with Gasteiger partial charge >= 0.3 is 0 Å². The van der Waals surface area contributed by atoms with Crippen molar-refractivity contribution < 1.29 is 13.6 Å². The molecule has 0 radical (unpaired) electrons. The Labute approximate surface area is 188 Å². The molecule has 0 aliphatic carbocycles. The summed E-state index contributed by atoms with van der Waals surface area (Å²) in [7, 11) is -4.31. The standard InChI is InChI=1S/C25H46O3Si2/c1-17(2)29(18(3)4,19(5)6)27-24-14-13-23(16-26)15-25(24)28-30(20(7)8,21(9)10)22(11)12/h13-22H,1-12H3. The Bertz CT molecular complexity index is 650. The van der Waals surface area contributed by atoms with Gasteiger partial charge in [0.25, 0.3) is 16.6 Å². The van der Waals surface area contributed by atoms with Gasteiger partial charge in [-0.05, 0) is 51.4 Å². The molecule has 1 aromatic carbocycles. The molecule has 1 rings (SSSR count). The van der Waals surface area contributed by atoms with E-state index in [9.17, 15) is 4.79 Å². The number of rotatable bonds is 11. The van der Waals surface area contributed by atoms with Crippen molar-refractivity contribution in [3.8, 4) is 11.5 Å². The van der Waals surface area contributed by atoms with E-state index in [4.69, 9.17) is 8.85 Å². The minimum atomic E-state index is -2.17. The molecule has 0 fully saturated rings. The van der Waals surface area contributed by atoms with Crippen molar-refractivity contribution in [1.82, 2.24) is 0 Å². The third kappa shape index (κ3) is 5.04. The maximum absolute atomic E-state index is 11.6. The van der Waals surface area contributed by atoms with Crippen molar-refractivity contribution >= 4 is 22.9 Å². The fourth-order valence-electron chi connectivity index (χ4n) is 5.85. The Morgan fingerprint density at radius 1 is 0.600 bits per heavy atom. The molecular formula is C25H46O3Si2. The summed E-state index contributed by atoms with van der Waals surface area (Å²) in [6.07, 6.45) is 0.901. The first-order valence-corrected chi connectivity index (χ1v) is 16.0. The summed E-state index contributed by atoms with van der Waals surface area (Å²) < 4.78 is 14.0. The SMILES string of the molecule is CC(C)[Si](Oc1ccc(C=O)cc1O[Si](C(C)C)(C(C)C)C(C)C)(C(C)C)C(C)C. The zero-order valence-corrected chi connectivity index (χ0v) is 23.5. The molecule has 0 unspecified atom stereocenters. The Morgan fingerprint density at radius 3 is 1.23 bits per heavy atom. The minimum Gasteiger partial charge on any atom is -0.540 e. The van der Waals surface area contributed by atoms with Crippen molar-refractivity contribution in [3.63, 3.8) is 0 Å². The van der Waals surface area contributed by atoms with Gasteiger partial charge in [0.2, 0.25) is 0 Å². The van der Waals surface area contributed by atoms with Crippen molar-refractivity contribution in [1.29, 1.82) is 0 Å². The lowest BCUT2D eigenvalue weighted by Crippen LogP contribution is -2.52. The van der Waals surface area contributed by atoms with E-state index in [1.165, 1.54) is 0 Å². The van der Waals surface area contributed by atoms with Crippen LogP contribution in [0.2, 0.25) is 33.2 Å². The molecule has 0 amide bonds. The van der Waals surface area contributed by atoms with Gasteiger partial charge in [0, 0.05) is 5.56 Å². The fraction of sp³-hybridized carbons (Fsp3) is 0.720. The Morgan fingerprint density at radius 2 is 0.933 bits per heavy atom. The van der Waals surface area contributed by atoms with Crippen LogP contribution in [-0.4, -0.2) is 22.9 Å². The summed E-state index contributed by atoms with van der Waals surface area (Å²) in [6, 6.07) is 5.73. The van der Waals surface area contributed by atoms with Crippen LogP contribution in [0.1, 0.15) is 93.4 Å². The van der Waals surface area contributed by atoms with Crippen LogP contribution >= 0.6 is 0 Å². The minimum absolute atomic E-state index is 0.451. The molecule has 0 aromatic heterocycles. The average Bonchev–Trinajstić information content (AvgIpc) is 2.62. The van der Waals surface area contributed by atoms with Gasteiger partial charge in [0.05, 0.1) is 0 Å². The molecule has 0 N–H and O–H groups in total. The lowest BCUT2D eigenvalue weighted by Gasteiger charge is -2.45. The fourth-order valence-corrected chi connectivity index (χ4v) is 16.4. The van der Waals surface area contributed by atoms with Crippen LogP contribution < -0.4 is 8.85 Å². The zero-order valence-electron chi connectivity index (χ0n) is 21.5. The summed E-state index contributed by atoms with van der Waals surface area (Å²) in [4.78, 5) is 11.6. The Hall–Kier alpha value is -1.08. The summed E-state index contributed by atoms with van der Waals surface area (Å²) in [5.41, 5.74) is 3.41. The zero-order chi connectivity index (χ0) is 23.4. The predicted molar refractivity (Wildman–Crippen MR) is 135 cm³/mol. The number of carbonyl (C=O) groups is 1. The Kier molecular flexibility index (Phi) is 9.43. The van der Waals surface area contributed by atoms with E-state index in [1.807, 2.05) is 18.2 Å². The second-order valence-corrected chi connectivity index (χ2v) is 21.4. The van der Waals surface area contributed by atoms with Crippen LogP contribution in [0, 0.1) is 0 Å². The average molecular weight is 451 g/mol. The number of hydrogen-bond acceptors (Lipinski definition) is 3. The number of aldehydes is 1. The molecule has 172 valence electrons. The summed E-state index contributed by atoms with van der Waals surface area (Å²) in [5.74, 6) is 1.59. The largest absolute Gasteiger partial charge is 0.540 e. The van der Waals surface area contributed by atoms with Crippen LogP contribution in [0.3, 0.4) is 0 Å². The highest BCUT2D eigenvalue weighted by Gasteiger charge is 2.49. The van der Waals surface area contributed by atoms with Gasteiger partial charge in [-0.1, -0.05) is 83.1 Å². The van der Waals surface area contributed by atoms with Gasteiger partial charge in [-0.25, -0.2) is 0 Å². The van der Waals surface area contributed by atoms with E-state index in [0.717, 1.165) is 17.8 Å². The molecular weight excluding hydrogens is 404 g/mol. The van der Waals surface area contributed by atoms with Gasteiger partial charge in [-0.2, -0.15) is 0 Å². The first-order chi connectivity index (χ1) is 13.8. The van der Waals surface area contributed by atoms with Gasteiger partial charge in [0.1, 0.15) is 17.8 Å². The first-order valence-electron chi connectivity index (χ1n) is 11.7. The van der Waals surface area contributed by atoms with Crippen molar-refractivity contribution in [2.45, 2.75) is 116 Å². The molecule has 0 saturated carbocycles. The van der Waals surface area contributed by atoms with Crippen molar-refractivity contribution in [2.24, 2.45) is 0 Å². The molecule has 0 heterocycles. The smallest absolute Gasteiger partial charge is 0.258 e. The molecule has 3 nitrogen and oxygen atoms in total. The normalized spacial score (nSPS) is 13.3. The third-order valence-electron chi connectivity index (χ3n) is 7.09. The summed E-state index contributed by atoms with van der Waals surface area (Å²) in [6.45, 7) is 27.5. The molecule has 0 atom stereocenters. The number of benzene rings is 1. The second-order valence-electron chi connectivity index (χ2n) is 10.7. The summed E-state index contributed by atoms with van der Waals surface area (Å²) >= 11 is 0. The highest BCUT2D eigenvalue weighted by Crippen LogP contribution is 2.48. The van der Waals surface area contributed by atoms with Gasteiger partial charge in [-0.15, -0.1) is 0 Å². The molecule has 0 aliphatic rings. The molecule has 5 heteroatoms. The van der Waals surface area contributed by atoms with Crippen LogP contribution in [-0.2, 0) is 0 Å². The predicted octanol–water partition coefficient (Wildman–Crippen LogP) is 8.61. The molecule has 0 spiro atoms. The van der Waals surface area contributed by atoms with E-state index in [1.54, 1.807) is 0 Å². The molecule has 0 aliphatic heterocycles. The lowest BCUT2D eigenvalue weighted by atomic mass is 10.2. The van der Waals surface area contributed by atoms with Crippen LogP contribution in [0.5, 0.6) is 11.5 Å². The van der Waals surface area contributed by atoms with Crippen molar-refractivity contribution in [3.05, 3.63) is 23.8 Å². The van der Waals surface area contributed by atoms with E-state index in [-0.39, 0.29) is 0 Å². The molecule has 30 heavy (non-hydrogen) atoms. The van der Waals surface area contributed by atoms with Crippen LogP contribution in [0.4, 0.5) is 0 Å². The highest BCUT2D eigenvalue weighted by atomic mass is 28.4. The molecule has 0 saturated heterocycles. The quantitative estimate of drug-likeness (QED) is 0.250. The maximum atomic E-state index is 11.6. The van der Waals surface area contributed by atoms with E-state index in [0.29, 0.717) is 38.8 Å². The van der Waals surface area contributed by atoms with E-state index < -0.39 is 16.6 Å². The topological polar surface area (TPSA) is 35.5 Å². The lowest BCUT2D eigenvalue weighted by molar-refractivity contribution is 0.112. The second kappa shape index (κ2) is 10.5. The van der Waals surface area contributed by atoms with Gasteiger partial charge < -0.3 is 8.85 Å². The van der Waals surface area contributed by atoms with Crippen molar-refractivity contribution in [2.75, 3.05) is 0 Å². The van der Waals surface area contributed by atoms with Crippen LogP contribution in [0.15, 0.2) is 18.2 Å². The number of hydrogen-bond donors (Lipinski definition) is 0. The maximum Gasteiger partial charge on any atom is 0.258 e. The van der Waals surface area contributed by atoms with E-state index >= 15 is 0 Å². The van der Waals surface area contributed by atoms with Crippen LogP contribution in [0.25, 0.3) is 0 Å². The molecule has 1 aromatic rings. The summed E-state index contributed by atoms with van der Waals surface area (Å²) in [5, 5.41) is 0. The van der Waals surface area contributed by atoms with Gasteiger partial charge in [0.15, 0.2) is 0 Å². The van der Waals surface area contributed by atoms with E-state index in [2.05, 4.69) is 83.1 Å². The first kappa shape index (κ1) is 27.0. The van der Waals surface area contributed by atoms with Gasteiger partial charge in [-0.3, -0.25) is 4.79 Å². The highest BCUT2D eigenvalue weighted by molar-refractivity contribution is 6.79. The third-order valence-corrected chi connectivity index (χ3v) is 19.1. The molecule has 0 bridgehead atoms. The monoisotopic (exact) mass is 450 g/mol. The number of carbonyl (C=O) groups excluding carboxylic acids is 1.